The summed E-state index contributed by atoms with van der Waals surface area (Å²) < 4.78 is 23.0. The number of methoxy groups -OCH3 is 3. The summed E-state index contributed by atoms with van der Waals surface area (Å²) in [7, 11) is 5.00. The summed E-state index contributed by atoms with van der Waals surface area (Å²) in [5, 5.41) is 7.06. The Kier molecular flexibility index (Phi) is 4.90. The molecular weight excluding hydrogens is 392 g/mol. The lowest BCUT2D eigenvalue weighted by Gasteiger charge is -2.38. The molecule has 2 aliphatic rings. The molecule has 0 radical (unpaired) electrons. The Hall–Kier alpha value is -3.67. The number of hydrazone groups is 1. The van der Waals surface area contributed by atoms with Gasteiger partial charge in [0.2, 0.25) is 6.23 Å². The number of fused-ring (bicyclic) bond motifs is 3. The van der Waals surface area contributed by atoms with E-state index in [0.29, 0.717) is 0 Å². The molecule has 5 rings (SSSR count). The van der Waals surface area contributed by atoms with Gasteiger partial charge in [-0.25, -0.2) is 5.01 Å². The summed E-state index contributed by atoms with van der Waals surface area (Å²) in [4.78, 5) is 0. The van der Waals surface area contributed by atoms with Crippen molar-refractivity contribution in [3.8, 4) is 23.0 Å². The minimum Gasteiger partial charge on any atom is -0.497 e. The smallest absolute Gasteiger partial charge is 0.214 e. The van der Waals surface area contributed by atoms with Crippen LogP contribution in [0.5, 0.6) is 23.0 Å². The zero-order valence-electron chi connectivity index (χ0n) is 17.7. The van der Waals surface area contributed by atoms with Crippen molar-refractivity contribution in [2.75, 3.05) is 21.3 Å². The highest BCUT2D eigenvalue weighted by atomic mass is 16.5. The molecule has 0 amide bonds. The average Bonchev–Trinajstić information content (AvgIpc) is 3.29. The zero-order valence-corrected chi connectivity index (χ0v) is 17.7. The van der Waals surface area contributed by atoms with Crippen molar-refractivity contribution in [3.63, 3.8) is 0 Å². The van der Waals surface area contributed by atoms with E-state index < -0.39 is 6.23 Å². The lowest BCUT2D eigenvalue weighted by Crippen LogP contribution is -2.33. The van der Waals surface area contributed by atoms with E-state index in [1.165, 1.54) is 0 Å². The van der Waals surface area contributed by atoms with Gasteiger partial charge in [-0.1, -0.05) is 36.4 Å². The number of rotatable bonds is 5. The molecular formula is C25H24N2O4. The Bertz CT molecular complexity index is 1140. The molecule has 0 bridgehead atoms. The molecule has 158 valence electrons. The van der Waals surface area contributed by atoms with Crippen LogP contribution in [0.1, 0.15) is 35.4 Å². The first-order valence-corrected chi connectivity index (χ1v) is 10.2. The highest BCUT2D eigenvalue weighted by Gasteiger charge is 2.42. The van der Waals surface area contributed by atoms with Gasteiger partial charge in [0.1, 0.15) is 11.5 Å². The molecule has 2 aliphatic heterocycles. The van der Waals surface area contributed by atoms with E-state index in [1.807, 2.05) is 59.6 Å². The van der Waals surface area contributed by atoms with E-state index in [-0.39, 0.29) is 6.04 Å². The summed E-state index contributed by atoms with van der Waals surface area (Å²) in [5.41, 5.74) is 4.08. The minimum absolute atomic E-state index is 0.0382. The Balaban J connectivity index is 1.61. The molecule has 2 heterocycles. The fraction of sp³-hybridized carbons (Fsp3) is 0.240. The number of hydrogen-bond acceptors (Lipinski definition) is 6. The maximum Gasteiger partial charge on any atom is 0.214 e. The number of nitrogens with zero attached hydrogens (tertiary/aromatic N) is 2. The quantitative estimate of drug-likeness (QED) is 0.589. The first kappa shape index (κ1) is 19.3. The molecule has 31 heavy (non-hydrogen) atoms. The second-order valence-corrected chi connectivity index (χ2v) is 7.50. The van der Waals surface area contributed by atoms with Crippen LogP contribution in [0.3, 0.4) is 0 Å². The molecule has 6 heteroatoms. The normalized spacial score (nSPS) is 19.1. The van der Waals surface area contributed by atoms with Gasteiger partial charge in [0.15, 0.2) is 11.5 Å². The zero-order chi connectivity index (χ0) is 21.4. The van der Waals surface area contributed by atoms with Crippen molar-refractivity contribution in [1.82, 2.24) is 5.01 Å². The SMILES string of the molecule is COc1cccc(C2=NN3[C@H](C2)c2cccc(OC)c2O[C@@H]3c2cccc(OC)c2)c1. The van der Waals surface area contributed by atoms with Gasteiger partial charge in [0.05, 0.1) is 33.1 Å². The van der Waals surface area contributed by atoms with Crippen molar-refractivity contribution < 1.29 is 18.9 Å². The Morgan fingerprint density at radius 1 is 0.871 bits per heavy atom. The summed E-state index contributed by atoms with van der Waals surface area (Å²) in [6.07, 6.45) is 0.365. The van der Waals surface area contributed by atoms with E-state index in [9.17, 15) is 0 Å². The second-order valence-electron chi connectivity index (χ2n) is 7.50. The lowest BCUT2D eigenvalue weighted by molar-refractivity contribution is -0.0210. The fourth-order valence-electron chi connectivity index (χ4n) is 4.24. The molecule has 0 unspecified atom stereocenters. The van der Waals surface area contributed by atoms with E-state index in [0.717, 1.165) is 51.8 Å². The Morgan fingerprint density at radius 3 is 2.39 bits per heavy atom. The lowest BCUT2D eigenvalue weighted by atomic mass is 9.95. The minimum atomic E-state index is -0.396. The first-order valence-electron chi connectivity index (χ1n) is 10.2. The number of hydrogen-bond donors (Lipinski definition) is 0. The number of ether oxygens (including phenoxy) is 4. The molecule has 0 saturated heterocycles. The van der Waals surface area contributed by atoms with Crippen LogP contribution in [0, 0.1) is 0 Å². The number of benzene rings is 3. The van der Waals surface area contributed by atoms with Gasteiger partial charge in [-0.2, -0.15) is 5.10 Å². The summed E-state index contributed by atoms with van der Waals surface area (Å²) in [6, 6.07) is 22.0. The van der Waals surface area contributed by atoms with Crippen LogP contribution in [-0.4, -0.2) is 32.0 Å². The van der Waals surface area contributed by atoms with Crippen molar-refractivity contribution in [2.45, 2.75) is 18.7 Å². The standard InChI is InChI=1S/C25H24N2O4/c1-28-18-9-4-7-16(13-18)21-15-22-20-11-6-12-23(30-3)24(20)31-25(27(22)26-21)17-8-5-10-19(14-17)29-2/h4-14,22,25H,15H2,1-3H3/t22-,25-/m1/s1. The molecule has 3 aromatic rings. The van der Waals surface area contributed by atoms with Crippen molar-refractivity contribution in [3.05, 3.63) is 83.4 Å². The predicted molar refractivity (Wildman–Crippen MR) is 118 cm³/mol. The average molecular weight is 416 g/mol. The molecule has 0 saturated carbocycles. The topological polar surface area (TPSA) is 52.5 Å². The van der Waals surface area contributed by atoms with Gasteiger partial charge in [-0.15, -0.1) is 0 Å². The molecule has 0 fully saturated rings. The molecule has 0 aliphatic carbocycles. The van der Waals surface area contributed by atoms with Crippen molar-refractivity contribution in [2.24, 2.45) is 5.10 Å². The maximum absolute atomic E-state index is 6.50. The Morgan fingerprint density at radius 2 is 1.61 bits per heavy atom. The largest absolute Gasteiger partial charge is 0.497 e. The first-order chi connectivity index (χ1) is 15.2. The van der Waals surface area contributed by atoms with Gasteiger partial charge in [-0.05, 0) is 30.3 Å². The third-order valence-electron chi connectivity index (χ3n) is 5.78. The summed E-state index contributed by atoms with van der Waals surface area (Å²) >= 11 is 0. The van der Waals surface area contributed by atoms with Crippen LogP contribution in [0.2, 0.25) is 0 Å². The number of para-hydroxylation sites is 1. The van der Waals surface area contributed by atoms with Gasteiger partial charge < -0.3 is 18.9 Å². The van der Waals surface area contributed by atoms with Crippen LogP contribution in [-0.2, 0) is 0 Å². The van der Waals surface area contributed by atoms with E-state index >= 15 is 0 Å². The highest BCUT2D eigenvalue weighted by molar-refractivity contribution is 6.02. The molecule has 2 atom stereocenters. The predicted octanol–water partition coefficient (Wildman–Crippen LogP) is 4.95. The van der Waals surface area contributed by atoms with Gasteiger partial charge in [0.25, 0.3) is 0 Å². The van der Waals surface area contributed by atoms with E-state index in [2.05, 4.69) is 12.1 Å². The third-order valence-corrected chi connectivity index (χ3v) is 5.78. The van der Waals surface area contributed by atoms with Crippen molar-refractivity contribution >= 4 is 5.71 Å². The fourth-order valence-corrected chi connectivity index (χ4v) is 4.24. The summed E-state index contributed by atoms with van der Waals surface area (Å²) in [6.45, 7) is 0. The molecule has 3 aromatic carbocycles. The van der Waals surface area contributed by atoms with Gasteiger partial charge in [0, 0.05) is 23.1 Å². The van der Waals surface area contributed by atoms with Crippen LogP contribution < -0.4 is 18.9 Å². The third kappa shape index (κ3) is 3.34. The molecule has 0 spiro atoms. The van der Waals surface area contributed by atoms with Crippen LogP contribution >= 0.6 is 0 Å². The van der Waals surface area contributed by atoms with E-state index in [1.54, 1.807) is 21.3 Å². The van der Waals surface area contributed by atoms with Gasteiger partial charge >= 0.3 is 0 Å². The van der Waals surface area contributed by atoms with Crippen LogP contribution in [0.25, 0.3) is 0 Å². The molecule has 6 nitrogen and oxygen atoms in total. The monoisotopic (exact) mass is 416 g/mol. The van der Waals surface area contributed by atoms with Crippen LogP contribution in [0.4, 0.5) is 0 Å². The Labute approximate surface area is 181 Å². The maximum atomic E-state index is 6.50. The second kappa shape index (κ2) is 7.87. The van der Waals surface area contributed by atoms with Crippen LogP contribution in [0.15, 0.2) is 71.8 Å². The highest BCUT2D eigenvalue weighted by Crippen LogP contribution is 2.50. The van der Waals surface area contributed by atoms with Crippen molar-refractivity contribution in [1.29, 1.82) is 0 Å². The molecule has 0 N–H and O–H groups in total. The summed E-state index contributed by atoms with van der Waals surface area (Å²) in [5.74, 6) is 3.08. The van der Waals surface area contributed by atoms with E-state index in [4.69, 9.17) is 24.0 Å². The molecule has 0 aromatic heterocycles. The van der Waals surface area contributed by atoms with Gasteiger partial charge in [-0.3, -0.25) is 0 Å².